The lowest BCUT2D eigenvalue weighted by atomic mass is 9.73. The molecule has 1 N–H and O–H groups in total. The van der Waals surface area contributed by atoms with E-state index in [1.165, 1.54) is 11.1 Å². The summed E-state index contributed by atoms with van der Waals surface area (Å²) in [5.41, 5.74) is 2.53. The maximum Gasteiger partial charge on any atom is 0.150 e. The summed E-state index contributed by atoms with van der Waals surface area (Å²) in [6.45, 7) is 5.76. The molecule has 0 aliphatic carbocycles. The van der Waals surface area contributed by atoms with E-state index in [4.69, 9.17) is 0 Å². The van der Waals surface area contributed by atoms with E-state index in [0.717, 1.165) is 19.5 Å². The van der Waals surface area contributed by atoms with Gasteiger partial charge in [-0.25, -0.2) is 8.42 Å². The van der Waals surface area contributed by atoms with Gasteiger partial charge in [-0.3, -0.25) is 0 Å². The smallest absolute Gasteiger partial charge is 0.150 e. The molecule has 1 aromatic rings. The van der Waals surface area contributed by atoms with Gasteiger partial charge in [0.2, 0.25) is 0 Å². The molecule has 1 aromatic carbocycles. The van der Waals surface area contributed by atoms with Crippen LogP contribution in [0.2, 0.25) is 0 Å². The Morgan fingerprint density at radius 3 is 2.26 bits per heavy atom. The van der Waals surface area contributed by atoms with Crippen molar-refractivity contribution >= 4 is 9.84 Å². The highest BCUT2D eigenvalue weighted by atomic mass is 32.2. The Kier molecular flexibility index (Phi) is 4.31. The topological polar surface area (TPSA) is 46.2 Å². The van der Waals surface area contributed by atoms with Crippen LogP contribution in [0.3, 0.4) is 0 Å². The second kappa shape index (κ2) is 5.63. The van der Waals surface area contributed by atoms with Crippen LogP contribution in [0.5, 0.6) is 0 Å². The number of hydrogen-bond acceptors (Lipinski definition) is 3. The highest BCUT2D eigenvalue weighted by Crippen LogP contribution is 2.32. The molecular weight excluding hydrogens is 258 g/mol. The maximum absolute atomic E-state index is 11.9. The average Bonchev–Trinajstić information content (AvgIpc) is 2.29. The van der Waals surface area contributed by atoms with Crippen molar-refractivity contribution < 1.29 is 8.42 Å². The van der Waals surface area contributed by atoms with Crippen molar-refractivity contribution in [3.05, 3.63) is 35.4 Å². The van der Waals surface area contributed by atoms with Crippen LogP contribution in [0.25, 0.3) is 0 Å². The van der Waals surface area contributed by atoms with Gasteiger partial charge in [0.05, 0.1) is 5.75 Å². The highest BCUT2D eigenvalue weighted by Gasteiger charge is 2.39. The number of benzene rings is 1. The zero-order valence-electron chi connectivity index (χ0n) is 11.8. The van der Waals surface area contributed by atoms with Crippen molar-refractivity contribution in [2.24, 2.45) is 0 Å². The maximum atomic E-state index is 11.9. The van der Waals surface area contributed by atoms with Crippen LogP contribution in [0.1, 0.15) is 30.9 Å². The lowest BCUT2D eigenvalue weighted by Crippen LogP contribution is -2.57. The summed E-state index contributed by atoms with van der Waals surface area (Å²) in [4.78, 5) is 0. The Hall–Kier alpha value is -0.870. The number of sulfone groups is 1. The molecule has 3 nitrogen and oxygen atoms in total. The fourth-order valence-electron chi connectivity index (χ4n) is 2.62. The van der Waals surface area contributed by atoms with E-state index in [-0.39, 0.29) is 5.41 Å². The normalized spacial score (nSPS) is 18.0. The number of hydrogen-bond donors (Lipinski definition) is 1. The fraction of sp³-hybridized carbons (Fsp3) is 0.600. The zero-order chi connectivity index (χ0) is 13.9. The Morgan fingerprint density at radius 2 is 1.79 bits per heavy atom. The number of nitrogens with one attached hydrogen (secondary N) is 1. The monoisotopic (exact) mass is 281 g/mol. The first kappa shape index (κ1) is 14.5. The second-order valence-corrected chi connectivity index (χ2v) is 7.96. The van der Waals surface area contributed by atoms with Crippen molar-refractivity contribution in [3.63, 3.8) is 0 Å². The summed E-state index contributed by atoms with van der Waals surface area (Å²) in [6, 6.07) is 8.50. The van der Waals surface area contributed by atoms with Crippen LogP contribution >= 0.6 is 0 Å². The Labute approximate surface area is 116 Å². The van der Waals surface area contributed by atoms with Crippen molar-refractivity contribution in [2.75, 3.05) is 24.6 Å². The molecule has 1 saturated heterocycles. The van der Waals surface area contributed by atoms with Crippen molar-refractivity contribution in [1.29, 1.82) is 0 Å². The van der Waals surface area contributed by atoms with Gasteiger partial charge < -0.3 is 5.32 Å². The SMILES string of the molecule is CCCS(=O)(=O)CCC1(c2ccc(C)cc2)CNC1. The van der Waals surface area contributed by atoms with E-state index in [1.807, 2.05) is 6.92 Å². The molecule has 0 radical (unpaired) electrons. The first-order valence-electron chi connectivity index (χ1n) is 6.96. The van der Waals surface area contributed by atoms with Crippen LogP contribution < -0.4 is 5.32 Å². The average molecular weight is 281 g/mol. The quantitative estimate of drug-likeness (QED) is 0.868. The van der Waals surface area contributed by atoms with E-state index < -0.39 is 9.84 Å². The third kappa shape index (κ3) is 3.37. The van der Waals surface area contributed by atoms with Crippen molar-refractivity contribution in [2.45, 2.75) is 32.1 Å². The first-order chi connectivity index (χ1) is 8.97. The molecule has 0 bridgehead atoms. The van der Waals surface area contributed by atoms with Crippen LogP contribution in [0.15, 0.2) is 24.3 Å². The molecule has 0 spiro atoms. The van der Waals surface area contributed by atoms with Crippen LogP contribution in [-0.4, -0.2) is 33.0 Å². The second-order valence-electron chi connectivity index (χ2n) is 5.65. The Balaban J connectivity index is 2.09. The summed E-state index contributed by atoms with van der Waals surface area (Å²) in [6.07, 6.45) is 1.43. The van der Waals surface area contributed by atoms with Crippen molar-refractivity contribution in [1.82, 2.24) is 5.32 Å². The van der Waals surface area contributed by atoms with Crippen molar-refractivity contribution in [3.8, 4) is 0 Å². The third-order valence-electron chi connectivity index (χ3n) is 4.00. The van der Waals surface area contributed by atoms with Gasteiger partial charge >= 0.3 is 0 Å². The molecule has 1 fully saturated rings. The van der Waals surface area contributed by atoms with Gasteiger partial charge in [0, 0.05) is 24.3 Å². The Bertz CT molecular complexity index is 516. The predicted molar refractivity (Wildman–Crippen MR) is 79.3 cm³/mol. The Morgan fingerprint density at radius 1 is 1.16 bits per heavy atom. The van der Waals surface area contributed by atoms with E-state index >= 15 is 0 Å². The number of rotatable bonds is 6. The molecular formula is C15H23NO2S. The summed E-state index contributed by atoms with van der Waals surface area (Å²) in [5.74, 6) is 0.612. The lowest BCUT2D eigenvalue weighted by molar-refractivity contribution is 0.268. The van der Waals surface area contributed by atoms with E-state index in [2.05, 4.69) is 36.5 Å². The lowest BCUT2D eigenvalue weighted by Gasteiger charge is -2.43. The minimum atomic E-state index is -2.88. The van der Waals surface area contributed by atoms with Crippen LogP contribution in [0, 0.1) is 6.92 Å². The molecule has 1 aliphatic rings. The largest absolute Gasteiger partial charge is 0.315 e. The molecule has 19 heavy (non-hydrogen) atoms. The summed E-state index contributed by atoms with van der Waals surface area (Å²) >= 11 is 0. The van der Waals surface area contributed by atoms with E-state index in [0.29, 0.717) is 17.9 Å². The molecule has 1 heterocycles. The third-order valence-corrected chi connectivity index (χ3v) is 5.85. The molecule has 0 amide bonds. The molecule has 0 atom stereocenters. The summed E-state index contributed by atoms with van der Waals surface area (Å²) in [7, 11) is -2.88. The molecule has 4 heteroatoms. The zero-order valence-corrected chi connectivity index (χ0v) is 12.6. The molecule has 0 aromatic heterocycles. The molecule has 1 aliphatic heterocycles. The minimum absolute atomic E-state index is 0.0223. The molecule has 2 rings (SSSR count). The fourth-order valence-corrected chi connectivity index (χ4v) is 4.15. The standard InChI is InChI=1S/C15H23NO2S/c1-3-9-19(17,18)10-8-15(11-16-12-15)14-6-4-13(2)5-7-14/h4-7,16H,3,8-12H2,1-2H3. The number of aryl methyl sites for hydroxylation is 1. The summed E-state index contributed by atoms with van der Waals surface area (Å²) in [5, 5.41) is 3.29. The predicted octanol–water partition coefficient (Wildman–Crippen LogP) is 2.05. The first-order valence-corrected chi connectivity index (χ1v) is 8.78. The van der Waals surface area contributed by atoms with Crippen LogP contribution in [0.4, 0.5) is 0 Å². The van der Waals surface area contributed by atoms with Crippen LogP contribution in [-0.2, 0) is 15.3 Å². The highest BCUT2D eigenvalue weighted by molar-refractivity contribution is 7.91. The van der Waals surface area contributed by atoms with Gasteiger partial charge in [0.25, 0.3) is 0 Å². The molecule has 0 saturated carbocycles. The van der Waals surface area contributed by atoms with Gasteiger partial charge in [-0.15, -0.1) is 0 Å². The van der Waals surface area contributed by atoms with Gasteiger partial charge in [-0.1, -0.05) is 36.8 Å². The minimum Gasteiger partial charge on any atom is -0.315 e. The van der Waals surface area contributed by atoms with Gasteiger partial charge in [0.1, 0.15) is 9.84 Å². The molecule has 106 valence electrons. The van der Waals surface area contributed by atoms with E-state index in [9.17, 15) is 8.42 Å². The van der Waals surface area contributed by atoms with E-state index in [1.54, 1.807) is 0 Å². The van der Waals surface area contributed by atoms with Gasteiger partial charge in [-0.2, -0.15) is 0 Å². The summed E-state index contributed by atoms with van der Waals surface area (Å²) < 4.78 is 23.8. The van der Waals surface area contributed by atoms with Gasteiger partial charge in [-0.05, 0) is 25.3 Å². The van der Waals surface area contributed by atoms with Gasteiger partial charge in [0.15, 0.2) is 0 Å². The molecule has 0 unspecified atom stereocenters.